The molecule has 4 rings (SSSR count). The smallest absolute Gasteiger partial charge is 0.227 e. The van der Waals surface area contributed by atoms with E-state index in [-0.39, 0.29) is 17.6 Å². The second kappa shape index (κ2) is 11.1. The highest BCUT2D eigenvalue weighted by molar-refractivity contribution is 5.92. The van der Waals surface area contributed by atoms with E-state index in [0.717, 1.165) is 63.3 Å². The molecule has 0 unspecified atom stereocenters. The lowest BCUT2D eigenvalue weighted by atomic mass is 9.95. The molecular formula is C26H31FN4O2. The lowest BCUT2D eigenvalue weighted by molar-refractivity contribution is -0.121. The number of likely N-dealkylation sites (tertiary alicyclic amines) is 1. The lowest BCUT2D eigenvalue weighted by Gasteiger charge is -2.30. The first-order valence-corrected chi connectivity index (χ1v) is 11.7. The Labute approximate surface area is 194 Å². The SMILES string of the molecule is CCCCc1ncc(CN2CCC(C(=O)Nc3ccc(Oc4ccccc4F)cc3)CC2)[nH]1. The number of aryl methyl sites for hydroxylation is 1. The van der Waals surface area contributed by atoms with Crippen molar-refractivity contribution in [3.63, 3.8) is 0 Å². The number of carbonyl (C=O) groups excluding carboxylic acids is 1. The van der Waals surface area contributed by atoms with E-state index in [9.17, 15) is 9.18 Å². The summed E-state index contributed by atoms with van der Waals surface area (Å²) in [5.41, 5.74) is 1.85. The third-order valence-electron chi connectivity index (χ3n) is 5.99. The third kappa shape index (κ3) is 6.42. The Kier molecular flexibility index (Phi) is 7.73. The number of unbranched alkanes of at least 4 members (excludes halogenated alkanes) is 1. The van der Waals surface area contributed by atoms with Crippen LogP contribution < -0.4 is 10.1 Å². The van der Waals surface area contributed by atoms with Gasteiger partial charge < -0.3 is 15.0 Å². The summed E-state index contributed by atoms with van der Waals surface area (Å²) in [5, 5.41) is 3.00. The van der Waals surface area contributed by atoms with Crippen molar-refractivity contribution < 1.29 is 13.9 Å². The molecule has 1 aliphatic rings. The molecular weight excluding hydrogens is 419 g/mol. The van der Waals surface area contributed by atoms with Crippen LogP contribution in [0, 0.1) is 11.7 Å². The molecule has 174 valence electrons. The molecule has 1 amide bonds. The number of halogens is 1. The summed E-state index contributed by atoms with van der Waals surface area (Å²) in [6.45, 7) is 4.80. The van der Waals surface area contributed by atoms with Gasteiger partial charge in [0.2, 0.25) is 5.91 Å². The molecule has 0 atom stereocenters. The molecule has 33 heavy (non-hydrogen) atoms. The number of ether oxygens (including phenoxy) is 1. The van der Waals surface area contributed by atoms with Crippen molar-refractivity contribution in [2.45, 2.75) is 45.6 Å². The second-order valence-corrected chi connectivity index (χ2v) is 8.56. The zero-order valence-electron chi connectivity index (χ0n) is 19.0. The van der Waals surface area contributed by atoms with E-state index < -0.39 is 5.82 Å². The van der Waals surface area contributed by atoms with Crippen LogP contribution in [0.25, 0.3) is 0 Å². The van der Waals surface area contributed by atoms with Gasteiger partial charge in [0.15, 0.2) is 11.6 Å². The molecule has 0 radical (unpaired) electrons. The Morgan fingerprint density at radius 1 is 1.18 bits per heavy atom. The van der Waals surface area contributed by atoms with Crippen molar-refractivity contribution in [3.8, 4) is 11.5 Å². The molecule has 2 aromatic carbocycles. The lowest BCUT2D eigenvalue weighted by Crippen LogP contribution is -2.37. The maximum atomic E-state index is 13.7. The zero-order chi connectivity index (χ0) is 23.0. The van der Waals surface area contributed by atoms with Crippen LogP contribution in [0.2, 0.25) is 0 Å². The number of H-pyrrole nitrogens is 1. The maximum absolute atomic E-state index is 13.7. The zero-order valence-corrected chi connectivity index (χ0v) is 19.0. The molecule has 2 heterocycles. The molecule has 2 N–H and O–H groups in total. The highest BCUT2D eigenvalue weighted by Crippen LogP contribution is 2.26. The highest BCUT2D eigenvalue weighted by Gasteiger charge is 2.25. The number of nitrogens with one attached hydrogen (secondary N) is 2. The Morgan fingerprint density at radius 3 is 2.67 bits per heavy atom. The molecule has 3 aromatic rings. The van der Waals surface area contributed by atoms with Crippen LogP contribution in [0.15, 0.2) is 54.7 Å². The minimum atomic E-state index is -0.411. The summed E-state index contributed by atoms with van der Waals surface area (Å²) in [7, 11) is 0. The number of benzene rings is 2. The summed E-state index contributed by atoms with van der Waals surface area (Å²) in [6, 6.07) is 13.3. The topological polar surface area (TPSA) is 70.2 Å². The molecule has 7 heteroatoms. The summed E-state index contributed by atoms with van der Waals surface area (Å²) in [6.07, 6.45) is 6.90. The van der Waals surface area contributed by atoms with Crippen molar-refractivity contribution in [2.75, 3.05) is 18.4 Å². The largest absolute Gasteiger partial charge is 0.454 e. The van der Waals surface area contributed by atoms with Crippen LogP contribution in [0.5, 0.6) is 11.5 Å². The average molecular weight is 451 g/mol. The van der Waals surface area contributed by atoms with Gasteiger partial charge in [0.05, 0.1) is 0 Å². The van der Waals surface area contributed by atoms with Gasteiger partial charge in [0, 0.05) is 36.5 Å². The van der Waals surface area contributed by atoms with E-state index in [4.69, 9.17) is 4.74 Å². The number of piperidine rings is 1. The number of aromatic amines is 1. The van der Waals surface area contributed by atoms with Gasteiger partial charge in [0.25, 0.3) is 0 Å². The van der Waals surface area contributed by atoms with Gasteiger partial charge in [-0.15, -0.1) is 0 Å². The maximum Gasteiger partial charge on any atom is 0.227 e. The molecule has 6 nitrogen and oxygen atoms in total. The molecule has 0 aliphatic carbocycles. The number of rotatable bonds is 9. The number of hydrogen-bond acceptors (Lipinski definition) is 4. The number of carbonyl (C=O) groups is 1. The third-order valence-corrected chi connectivity index (χ3v) is 5.99. The van der Waals surface area contributed by atoms with Crippen LogP contribution in [0.3, 0.4) is 0 Å². The number of anilines is 1. The minimum Gasteiger partial charge on any atom is -0.454 e. The first-order valence-electron chi connectivity index (χ1n) is 11.7. The molecule has 1 fully saturated rings. The summed E-state index contributed by atoms with van der Waals surface area (Å²) in [4.78, 5) is 23.0. The van der Waals surface area contributed by atoms with Crippen molar-refractivity contribution in [1.82, 2.24) is 14.9 Å². The first kappa shape index (κ1) is 23.0. The van der Waals surface area contributed by atoms with Gasteiger partial charge in [-0.3, -0.25) is 9.69 Å². The molecule has 0 saturated carbocycles. The number of para-hydroxylation sites is 1. The monoisotopic (exact) mass is 450 g/mol. The predicted octanol–water partition coefficient (Wildman–Crippen LogP) is 5.53. The van der Waals surface area contributed by atoms with Gasteiger partial charge >= 0.3 is 0 Å². The quantitative estimate of drug-likeness (QED) is 0.449. The summed E-state index contributed by atoms with van der Waals surface area (Å²) in [5.74, 6) is 1.38. The van der Waals surface area contributed by atoms with Gasteiger partial charge in [-0.05, 0) is 68.8 Å². The molecule has 1 aromatic heterocycles. The fourth-order valence-corrected chi connectivity index (χ4v) is 4.06. The van der Waals surface area contributed by atoms with E-state index in [1.54, 1.807) is 42.5 Å². The normalized spacial score (nSPS) is 14.8. The summed E-state index contributed by atoms with van der Waals surface area (Å²) >= 11 is 0. The van der Waals surface area contributed by atoms with Crippen molar-refractivity contribution in [2.24, 2.45) is 5.92 Å². The van der Waals surface area contributed by atoms with Crippen LogP contribution in [0.1, 0.15) is 44.1 Å². The van der Waals surface area contributed by atoms with Crippen molar-refractivity contribution >= 4 is 11.6 Å². The fourth-order valence-electron chi connectivity index (χ4n) is 4.06. The number of amides is 1. The average Bonchev–Trinajstić information content (AvgIpc) is 3.28. The molecule has 1 aliphatic heterocycles. The van der Waals surface area contributed by atoms with Crippen LogP contribution >= 0.6 is 0 Å². The van der Waals surface area contributed by atoms with Crippen molar-refractivity contribution in [1.29, 1.82) is 0 Å². The predicted molar refractivity (Wildman–Crippen MR) is 127 cm³/mol. The number of imidazole rings is 1. The summed E-state index contributed by atoms with van der Waals surface area (Å²) < 4.78 is 19.3. The number of aromatic nitrogens is 2. The van der Waals surface area contributed by atoms with E-state index in [1.165, 1.54) is 6.07 Å². The van der Waals surface area contributed by atoms with E-state index >= 15 is 0 Å². The Hall–Kier alpha value is -3.19. The molecule has 0 bridgehead atoms. The van der Waals surface area contributed by atoms with Crippen LogP contribution in [-0.2, 0) is 17.8 Å². The van der Waals surface area contributed by atoms with Gasteiger partial charge in [-0.1, -0.05) is 25.5 Å². The van der Waals surface area contributed by atoms with E-state index in [0.29, 0.717) is 11.4 Å². The van der Waals surface area contributed by atoms with Crippen molar-refractivity contribution in [3.05, 3.63) is 72.1 Å². The molecule has 0 spiro atoms. The Morgan fingerprint density at radius 2 is 1.94 bits per heavy atom. The fraction of sp³-hybridized carbons (Fsp3) is 0.385. The van der Waals surface area contributed by atoms with E-state index in [1.807, 2.05) is 6.20 Å². The highest BCUT2D eigenvalue weighted by atomic mass is 19.1. The van der Waals surface area contributed by atoms with Crippen LogP contribution in [0.4, 0.5) is 10.1 Å². The van der Waals surface area contributed by atoms with Crippen LogP contribution in [-0.4, -0.2) is 33.9 Å². The number of nitrogens with zero attached hydrogens (tertiary/aromatic N) is 2. The minimum absolute atomic E-state index is 0.00234. The number of hydrogen-bond donors (Lipinski definition) is 2. The first-order chi connectivity index (χ1) is 16.1. The second-order valence-electron chi connectivity index (χ2n) is 8.56. The standard InChI is InChI=1S/C26H31FN4O2/c1-2-3-8-25-28-17-21(29-25)18-31-15-13-19(14-16-31)26(32)30-20-9-11-22(12-10-20)33-24-7-5-4-6-23(24)27/h4-7,9-12,17,19H,2-3,8,13-16,18H2,1H3,(H,28,29)(H,30,32). The Balaban J connectivity index is 1.23. The van der Waals surface area contributed by atoms with Gasteiger partial charge in [-0.25, -0.2) is 9.37 Å². The van der Waals surface area contributed by atoms with Gasteiger partial charge in [0.1, 0.15) is 11.6 Å². The Bertz CT molecular complexity index is 1040. The van der Waals surface area contributed by atoms with E-state index in [2.05, 4.69) is 27.1 Å². The molecule has 1 saturated heterocycles. The van der Waals surface area contributed by atoms with Gasteiger partial charge in [-0.2, -0.15) is 0 Å².